The molecule has 1 fully saturated rings. The van der Waals surface area contributed by atoms with Crippen molar-refractivity contribution >= 4 is 37.8 Å². The van der Waals surface area contributed by atoms with Crippen molar-refractivity contribution < 1.29 is 9.53 Å². The molecular weight excluding hydrogens is 388 g/mol. The highest BCUT2D eigenvalue weighted by molar-refractivity contribution is 9.10. The lowest BCUT2D eigenvalue weighted by molar-refractivity contribution is 0.0643. The summed E-state index contributed by atoms with van der Waals surface area (Å²) in [5.74, 6) is 0.767. The average molecular weight is 406 g/mol. The van der Waals surface area contributed by atoms with Gasteiger partial charge in [-0.1, -0.05) is 15.9 Å². The van der Waals surface area contributed by atoms with Gasteiger partial charge in [0.2, 0.25) is 0 Å². The van der Waals surface area contributed by atoms with Crippen LogP contribution in [0.5, 0.6) is 5.75 Å². The average Bonchev–Trinajstić information content (AvgIpc) is 2.48. The predicted octanol–water partition coefficient (Wildman–Crippen LogP) is 2.61. The molecule has 2 rings (SSSR count). The van der Waals surface area contributed by atoms with Gasteiger partial charge in [0.05, 0.1) is 12.7 Å². The van der Waals surface area contributed by atoms with Gasteiger partial charge < -0.3 is 9.64 Å². The fourth-order valence-electron chi connectivity index (χ4n) is 2.26. The Kier molecular flexibility index (Phi) is 5.86. The SMILES string of the molecule is COc1ccc(Br)c(C(=O)N2CCN(CCBr)CC2)c1. The van der Waals surface area contributed by atoms with Crippen LogP contribution in [0, 0.1) is 0 Å². The molecule has 1 aromatic rings. The van der Waals surface area contributed by atoms with Crippen LogP contribution in [-0.4, -0.2) is 60.9 Å². The maximum Gasteiger partial charge on any atom is 0.255 e. The van der Waals surface area contributed by atoms with Crippen molar-refractivity contribution in [3.8, 4) is 5.75 Å². The number of ether oxygens (including phenoxy) is 1. The van der Waals surface area contributed by atoms with Gasteiger partial charge in [0.25, 0.3) is 5.91 Å². The van der Waals surface area contributed by atoms with Crippen molar-refractivity contribution in [2.75, 3.05) is 45.2 Å². The molecule has 1 aromatic carbocycles. The second-order valence-electron chi connectivity index (χ2n) is 4.67. The summed E-state index contributed by atoms with van der Waals surface area (Å²) in [5, 5.41) is 0.975. The second kappa shape index (κ2) is 7.43. The lowest BCUT2D eigenvalue weighted by Crippen LogP contribution is -2.49. The first-order valence-electron chi connectivity index (χ1n) is 6.57. The Morgan fingerprint density at radius 2 is 2.00 bits per heavy atom. The normalized spacial score (nSPS) is 16.2. The Morgan fingerprint density at radius 1 is 1.30 bits per heavy atom. The molecule has 0 aliphatic carbocycles. The molecule has 4 nitrogen and oxygen atoms in total. The number of carbonyl (C=O) groups excluding carboxylic acids is 1. The Hall–Kier alpha value is -0.590. The minimum Gasteiger partial charge on any atom is -0.497 e. The first kappa shape index (κ1) is 15.8. The minimum absolute atomic E-state index is 0.0641. The largest absolute Gasteiger partial charge is 0.497 e. The van der Waals surface area contributed by atoms with Crippen LogP contribution in [0.25, 0.3) is 0 Å². The Bertz CT molecular complexity index is 474. The summed E-state index contributed by atoms with van der Waals surface area (Å²) < 4.78 is 6.00. The number of rotatable bonds is 4. The minimum atomic E-state index is 0.0641. The van der Waals surface area contributed by atoms with Gasteiger partial charge in [-0.2, -0.15) is 0 Å². The molecule has 0 unspecified atom stereocenters. The highest BCUT2D eigenvalue weighted by Gasteiger charge is 2.23. The highest BCUT2D eigenvalue weighted by atomic mass is 79.9. The van der Waals surface area contributed by atoms with Gasteiger partial charge in [-0.25, -0.2) is 0 Å². The van der Waals surface area contributed by atoms with E-state index >= 15 is 0 Å². The molecule has 1 saturated heterocycles. The molecule has 0 saturated carbocycles. The molecule has 6 heteroatoms. The fraction of sp³-hybridized carbons (Fsp3) is 0.500. The Labute approximate surface area is 136 Å². The van der Waals surface area contributed by atoms with Crippen LogP contribution < -0.4 is 4.74 Å². The molecule has 110 valence electrons. The van der Waals surface area contributed by atoms with Gasteiger partial charge in [0.15, 0.2) is 0 Å². The van der Waals surface area contributed by atoms with Gasteiger partial charge >= 0.3 is 0 Å². The molecule has 1 aliphatic rings. The summed E-state index contributed by atoms with van der Waals surface area (Å²) in [7, 11) is 1.61. The molecule has 0 radical (unpaired) electrons. The van der Waals surface area contributed by atoms with Crippen LogP contribution in [0.4, 0.5) is 0 Å². The monoisotopic (exact) mass is 404 g/mol. The number of alkyl halides is 1. The zero-order chi connectivity index (χ0) is 14.5. The molecule has 0 aromatic heterocycles. The van der Waals surface area contributed by atoms with Crippen molar-refractivity contribution in [2.45, 2.75) is 0 Å². The number of methoxy groups -OCH3 is 1. The summed E-state index contributed by atoms with van der Waals surface area (Å²) in [6.07, 6.45) is 0. The van der Waals surface area contributed by atoms with E-state index in [-0.39, 0.29) is 5.91 Å². The number of hydrogen-bond donors (Lipinski definition) is 0. The number of nitrogens with zero attached hydrogens (tertiary/aromatic N) is 2. The van der Waals surface area contributed by atoms with Crippen molar-refractivity contribution in [3.05, 3.63) is 28.2 Å². The standard InChI is InChI=1S/C14H18Br2N2O2/c1-20-11-2-3-13(16)12(10-11)14(19)18-8-6-17(5-4-15)7-9-18/h2-3,10H,4-9H2,1H3. The number of carbonyl (C=O) groups is 1. The molecule has 1 aliphatic heterocycles. The smallest absolute Gasteiger partial charge is 0.255 e. The molecule has 0 N–H and O–H groups in total. The third-order valence-corrected chi connectivity index (χ3v) is 4.51. The van der Waals surface area contributed by atoms with Crippen molar-refractivity contribution in [3.63, 3.8) is 0 Å². The van der Waals surface area contributed by atoms with E-state index < -0.39 is 0 Å². The van der Waals surface area contributed by atoms with Crippen LogP contribution in [0.2, 0.25) is 0 Å². The van der Waals surface area contributed by atoms with Gasteiger partial charge in [0, 0.05) is 42.5 Å². The molecule has 0 bridgehead atoms. The van der Waals surface area contributed by atoms with E-state index in [4.69, 9.17) is 4.74 Å². The summed E-state index contributed by atoms with van der Waals surface area (Å²) in [4.78, 5) is 16.8. The van der Waals surface area contributed by atoms with Crippen LogP contribution in [0.3, 0.4) is 0 Å². The van der Waals surface area contributed by atoms with Crippen LogP contribution in [0.1, 0.15) is 10.4 Å². The third-order valence-electron chi connectivity index (χ3n) is 3.46. The third kappa shape index (κ3) is 3.74. The number of piperazine rings is 1. The molecule has 20 heavy (non-hydrogen) atoms. The maximum atomic E-state index is 12.6. The highest BCUT2D eigenvalue weighted by Crippen LogP contribution is 2.24. The topological polar surface area (TPSA) is 32.8 Å². The predicted molar refractivity (Wildman–Crippen MR) is 86.8 cm³/mol. The number of benzene rings is 1. The Balaban J connectivity index is 2.05. The van der Waals surface area contributed by atoms with Crippen molar-refractivity contribution in [1.82, 2.24) is 9.80 Å². The van der Waals surface area contributed by atoms with Gasteiger partial charge in [-0.05, 0) is 34.1 Å². The lowest BCUT2D eigenvalue weighted by atomic mass is 10.1. The van der Waals surface area contributed by atoms with Gasteiger partial charge in [-0.3, -0.25) is 9.69 Å². The summed E-state index contributed by atoms with van der Waals surface area (Å²) >= 11 is 6.89. The van der Waals surface area contributed by atoms with E-state index in [1.165, 1.54) is 0 Å². The number of halogens is 2. The van der Waals surface area contributed by atoms with Crippen molar-refractivity contribution in [1.29, 1.82) is 0 Å². The van der Waals surface area contributed by atoms with Crippen LogP contribution >= 0.6 is 31.9 Å². The Morgan fingerprint density at radius 3 is 2.60 bits per heavy atom. The van der Waals surface area contributed by atoms with Crippen LogP contribution in [0.15, 0.2) is 22.7 Å². The molecule has 0 atom stereocenters. The van der Waals surface area contributed by atoms with E-state index in [0.29, 0.717) is 11.3 Å². The molecule has 1 heterocycles. The van der Waals surface area contributed by atoms with E-state index in [0.717, 1.165) is 42.5 Å². The van der Waals surface area contributed by atoms with Crippen molar-refractivity contribution in [2.24, 2.45) is 0 Å². The number of hydrogen-bond acceptors (Lipinski definition) is 3. The zero-order valence-electron chi connectivity index (χ0n) is 11.4. The first-order valence-corrected chi connectivity index (χ1v) is 8.48. The number of amides is 1. The summed E-state index contributed by atoms with van der Waals surface area (Å²) in [6.45, 7) is 4.44. The van der Waals surface area contributed by atoms with E-state index in [1.807, 2.05) is 17.0 Å². The van der Waals surface area contributed by atoms with E-state index in [2.05, 4.69) is 36.8 Å². The van der Waals surface area contributed by atoms with Crippen LogP contribution in [-0.2, 0) is 0 Å². The molecule has 1 amide bonds. The lowest BCUT2D eigenvalue weighted by Gasteiger charge is -2.34. The maximum absolute atomic E-state index is 12.6. The zero-order valence-corrected chi connectivity index (χ0v) is 14.6. The van der Waals surface area contributed by atoms with E-state index in [1.54, 1.807) is 13.2 Å². The van der Waals surface area contributed by atoms with Gasteiger partial charge in [0.1, 0.15) is 5.75 Å². The summed E-state index contributed by atoms with van der Waals surface area (Å²) in [6, 6.07) is 5.49. The van der Waals surface area contributed by atoms with Gasteiger partial charge in [-0.15, -0.1) is 0 Å². The molecular formula is C14H18Br2N2O2. The summed E-state index contributed by atoms with van der Waals surface area (Å²) in [5.41, 5.74) is 0.665. The second-order valence-corrected chi connectivity index (χ2v) is 6.32. The first-order chi connectivity index (χ1) is 9.65. The quantitative estimate of drug-likeness (QED) is 0.722. The van der Waals surface area contributed by atoms with E-state index in [9.17, 15) is 4.79 Å². The molecule has 0 spiro atoms. The fourth-order valence-corrected chi connectivity index (χ4v) is 3.18.